The van der Waals surface area contributed by atoms with Crippen LogP contribution in [0.5, 0.6) is 0 Å². The molecule has 0 rings (SSSR count). The van der Waals surface area contributed by atoms with Gasteiger partial charge in [-0.1, -0.05) is 13.8 Å². The Labute approximate surface area is 108 Å². The number of thioether (sulfide) groups is 1. The van der Waals surface area contributed by atoms with Gasteiger partial charge in [0.1, 0.15) is 0 Å². The van der Waals surface area contributed by atoms with Crippen molar-refractivity contribution < 1.29 is 20.4 Å². The maximum atomic E-state index is 9.58. The number of aliphatic hydroxyl groups excluding tert-OH is 4. The van der Waals surface area contributed by atoms with Crippen LogP contribution >= 0.6 is 11.8 Å². The lowest BCUT2D eigenvalue weighted by molar-refractivity contribution is 0.0886. The van der Waals surface area contributed by atoms with E-state index in [9.17, 15) is 20.4 Å². The van der Waals surface area contributed by atoms with Gasteiger partial charge in [0.05, 0.1) is 24.4 Å². The summed E-state index contributed by atoms with van der Waals surface area (Å²) in [7, 11) is 0. The molecular formula is C12H26O4S. The molecule has 0 fully saturated rings. The summed E-state index contributed by atoms with van der Waals surface area (Å²) in [5, 5.41) is 37.8. The molecule has 17 heavy (non-hydrogen) atoms. The largest absolute Gasteiger partial charge is 0.393 e. The van der Waals surface area contributed by atoms with Crippen LogP contribution in [0, 0.1) is 0 Å². The first kappa shape index (κ1) is 17.2. The molecule has 4 unspecified atom stereocenters. The van der Waals surface area contributed by atoms with Crippen LogP contribution in [0.1, 0.15) is 39.5 Å². The third-order valence-electron chi connectivity index (χ3n) is 2.65. The van der Waals surface area contributed by atoms with Crippen LogP contribution in [0.4, 0.5) is 0 Å². The van der Waals surface area contributed by atoms with Crippen molar-refractivity contribution in [3.05, 3.63) is 0 Å². The van der Waals surface area contributed by atoms with Gasteiger partial charge in [-0.15, -0.1) is 0 Å². The van der Waals surface area contributed by atoms with Gasteiger partial charge in [0.25, 0.3) is 0 Å². The molecule has 0 spiro atoms. The van der Waals surface area contributed by atoms with E-state index >= 15 is 0 Å². The summed E-state index contributed by atoms with van der Waals surface area (Å²) in [5.41, 5.74) is 0. The third kappa shape index (κ3) is 9.85. The highest BCUT2D eigenvalue weighted by Crippen LogP contribution is 2.13. The Morgan fingerprint density at radius 3 is 1.35 bits per heavy atom. The Balaban J connectivity index is 3.55. The molecule has 0 aliphatic carbocycles. The zero-order chi connectivity index (χ0) is 13.3. The van der Waals surface area contributed by atoms with E-state index in [1.54, 1.807) is 0 Å². The van der Waals surface area contributed by atoms with Gasteiger partial charge in [-0.05, 0) is 12.8 Å². The molecular weight excluding hydrogens is 240 g/mol. The van der Waals surface area contributed by atoms with Gasteiger partial charge in [-0.25, -0.2) is 0 Å². The Bertz CT molecular complexity index is 162. The van der Waals surface area contributed by atoms with E-state index in [1.165, 1.54) is 11.8 Å². The van der Waals surface area contributed by atoms with Gasteiger partial charge in [0.2, 0.25) is 0 Å². The summed E-state index contributed by atoms with van der Waals surface area (Å²) >= 11 is 1.45. The lowest BCUT2D eigenvalue weighted by Gasteiger charge is -2.16. The molecule has 0 bridgehead atoms. The second-order valence-electron chi connectivity index (χ2n) is 4.44. The molecule has 4 nitrogen and oxygen atoms in total. The first-order chi connectivity index (χ1) is 7.99. The monoisotopic (exact) mass is 266 g/mol. The van der Waals surface area contributed by atoms with Crippen molar-refractivity contribution in [2.75, 3.05) is 11.5 Å². The third-order valence-corrected chi connectivity index (χ3v) is 3.89. The molecule has 0 saturated carbocycles. The number of hydrogen-bond donors (Lipinski definition) is 4. The van der Waals surface area contributed by atoms with E-state index in [4.69, 9.17) is 0 Å². The van der Waals surface area contributed by atoms with Gasteiger partial charge in [-0.3, -0.25) is 0 Å². The van der Waals surface area contributed by atoms with Gasteiger partial charge in [0.15, 0.2) is 0 Å². The number of hydrogen-bond acceptors (Lipinski definition) is 5. The summed E-state index contributed by atoms with van der Waals surface area (Å²) in [6, 6.07) is 0. The topological polar surface area (TPSA) is 80.9 Å². The van der Waals surface area contributed by atoms with Crippen molar-refractivity contribution in [2.24, 2.45) is 0 Å². The Kier molecular flexibility index (Phi) is 10.3. The summed E-state index contributed by atoms with van der Waals surface area (Å²) in [6.45, 7) is 3.75. The van der Waals surface area contributed by atoms with Gasteiger partial charge >= 0.3 is 0 Å². The minimum Gasteiger partial charge on any atom is -0.393 e. The highest BCUT2D eigenvalue weighted by atomic mass is 32.2. The molecule has 4 N–H and O–H groups in total. The fourth-order valence-corrected chi connectivity index (χ4v) is 2.39. The van der Waals surface area contributed by atoms with Crippen LogP contribution in [-0.4, -0.2) is 56.3 Å². The van der Waals surface area contributed by atoms with Crippen LogP contribution in [0.2, 0.25) is 0 Å². The lowest BCUT2D eigenvalue weighted by Crippen LogP contribution is -2.22. The normalized spacial score (nSPS) is 18.7. The van der Waals surface area contributed by atoms with E-state index in [-0.39, 0.29) is 0 Å². The van der Waals surface area contributed by atoms with E-state index < -0.39 is 24.4 Å². The standard InChI is InChI=1S/C12H26O4S/c1-3-9(13)5-11(15)7-17-8-12(16)6-10(14)4-2/h9-16H,3-8H2,1-2H3. The Morgan fingerprint density at radius 1 is 0.706 bits per heavy atom. The summed E-state index contributed by atoms with van der Waals surface area (Å²) in [4.78, 5) is 0. The average molecular weight is 266 g/mol. The van der Waals surface area contributed by atoms with Gasteiger partial charge in [-0.2, -0.15) is 11.8 Å². The molecule has 0 heterocycles. The van der Waals surface area contributed by atoms with Crippen LogP contribution in [0.3, 0.4) is 0 Å². The first-order valence-corrected chi connectivity index (χ1v) is 7.45. The lowest BCUT2D eigenvalue weighted by atomic mass is 10.1. The summed E-state index contributed by atoms with van der Waals surface area (Å²) < 4.78 is 0. The smallest absolute Gasteiger partial charge is 0.0655 e. The van der Waals surface area contributed by atoms with Crippen molar-refractivity contribution in [1.82, 2.24) is 0 Å². The minimum atomic E-state index is -0.529. The molecule has 0 radical (unpaired) electrons. The van der Waals surface area contributed by atoms with Crippen molar-refractivity contribution >= 4 is 11.8 Å². The van der Waals surface area contributed by atoms with Crippen molar-refractivity contribution in [3.63, 3.8) is 0 Å². The van der Waals surface area contributed by atoms with E-state index in [0.717, 1.165) is 0 Å². The van der Waals surface area contributed by atoms with Crippen LogP contribution < -0.4 is 0 Å². The second kappa shape index (κ2) is 10.1. The highest BCUT2D eigenvalue weighted by Gasteiger charge is 2.13. The van der Waals surface area contributed by atoms with Crippen LogP contribution in [0.15, 0.2) is 0 Å². The molecule has 0 aromatic heterocycles. The van der Waals surface area contributed by atoms with E-state index in [0.29, 0.717) is 37.2 Å². The molecule has 0 aliphatic heterocycles. The SMILES string of the molecule is CCC(O)CC(O)CSCC(O)CC(O)CC. The second-order valence-corrected chi connectivity index (χ2v) is 5.52. The maximum Gasteiger partial charge on any atom is 0.0655 e. The molecule has 0 saturated heterocycles. The van der Waals surface area contributed by atoms with Crippen LogP contribution in [-0.2, 0) is 0 Å². The van der Waals surface area contributed by atoms with Gasteiger partial charge < -0.3 is 20.4 Å². The van der Waals surface area contributed by atoms with Crippen molar-refractivity contribution in [2.45, 2.75) is 63.9 Å². The highest BCUT2D eigenvalue weighted by molar-refractivity contribution is 7.99. The quantitative estimate of drug-likeness (QED) is 0.469. The fourth-order valence-electron chi connectivity index (χ4n) is 1.44. The van der Waals surface area contributed by atoms with Crippen molar-refractivity contribution in [1.29, 1.82) is 0 Å². The predicted octanol–water partition coefficient (Wildman–Crippen LogP) is 0.763. The average Bonchev–Trinajstić information content (AvgIpc) is 2.28. The van der Waals surface area contributed by atoms with E-state index in [2.05, 4.69) is 0 Å². The molecule has 0 amide bonds. The van der Waals surface area contributed by atoms with Crippen molar-refractivity contribution in [3.8, 4) is 0 Å². The number of rotatable bonds is 10. The fraction of sp³-hybridized carbons (Fsp3) is 1.00. The minimum absolute atomic E-state index is 0.386. The summed E-state index contributed by atoms with van der Waals surface area (Å²) in [5.74, 6) is 1.02. The first-order valence-electron chi connectivity index (χ1n) is 6.29. The zero-order valence-corrected chi connectivity index (χ0v) is 11.6. The Morgan fingerprint density at radius 2 is 1.06 bits per heavy atom. The van der Waals surface area contributed by atoms with E-state index in [1.807, 2.05) is 13.8 Å². The van der Waals surface area contributed by atoms with Gasteiger partial charge in [0, 0.05) is 24.3 Å². The summed E-state index contributed by atoms with van der Waals surface area (Å²) in [6.07, 6.45) is 0.112. The maximum absolute atomic E-state index is 9.58. The zero-order valence-electron chi connectivity index (χ0n) is 10.7. The molecule has 0 aliphatic rings. The molecule has 4 atom stereocenters. The van der Waals surface area contributed by atoms with Crippen LogP contribution in [0.25, 0.3) is 0 Å². The predicted molar refractivity (Wildman–Crippen MR) is 71.2 cm³/mol. The number of aliphatic hydroxyl groups is 4. The molecule has 0 aromatic carbocycles. The Hall–Kier alpha value is 0.190. The molecule has 0 aromatic rings. The molecule has 5 heteroatoms. The molecule has 104 valence electrons.